The van der Waals surface area contributed by atoms with Crippen LogP contribution < -0.4 is 24.8 Å². The SMILES string of the molecule is COc1c(OC(C)C)cc2c(OC(C)C)c1C/C(C)=C\C=C\[C@@H](OC)[C@@]1(O)C[C@H](OC(=O)N1)[C@@H](C)/C=C(\C)[C@@H](OC(=O)C(C)C)CC(=O)N2. The molecule has 1 fully saturated rings. The van der Waals surface area contributed by atoms with Crippen molar-refractivity contribution in [3.8, 4) is 17.2 Å². The Bertz CT molecular complexity index is 1450. The molecule has 1 aromatic rings. The number of ether oxygens (including phenoxy) is 6. The number of nitrogens with one attached hydrogen (secondary N) is 2. The van der Waals surface area contributed by atoms with Gasteiger partial charge in [-0.2, -0.15) is 0 Å². The summed E-state index contributed by atoms with van der Waals surface area (Å²) in [6.07, 6.45) is 3.35. The maximum absolute atomic E-state index is 13.8. The summed E-state index contributed by atoms with van der Waals surface area (Å²) in [5.41, 5.74) is 0.704. The highest BCUT2D eigenvalue weighted by Crippen LogP contribution is 2.45. The molecule has 2 aliphatic heterocycles. The van der Waals surface area contributed by atoms with Crippen molar-refractivity contribution in [2.75, 3.05) is 19.5 Å². The predicted molar refractivity (Wildman–Crippen MR) is 186 cm³/mol. The van der Waals surface area contributed by atoms with Gasteiger partial charge in [-0.25, -0.2) is 4.79 Å². The van der Waals surface area contributed by atoms with Gasteiger partial charge in [-0.3, -0.25) is 14.9 Å². The minimum absolute atomic E-state index is 0.00370. The van der Waals surface area contributed by atoms with Crippen LogP contribution in [0.1, 0.15) is 80.7 Å². The average molecular weight is 687 g/mol. The molecule has 2 aliphatic rings. The number of carbonyl (C=O) groups excluding carboxylic acids is 3. The van der Waals surface area contributed by atoms with Crippen molar-refractivity contribution in [3.05, 3.63) is 47.1 Å². The highest BCUT2D eigenvalue weighted by Gasteiger charge is 2.46. The van der Waals surface area contributed by atoms with Crippen LogP contribution in [0.3, 0.4) is 0 Å². The van der Waals surface area contributed by atoms with Gasteiger partial charge in [0.15, 0.2) is 23.0 Å². The lowest BCUT2D eigenvalue weighted by Crippen LogP contribution is -2.63. The zero-order valence-electron chi connectivity index (χ0n) is 30.7. The van der Waals surface area contributed by atoms with Crippen LogP contribution in [0.15, 0.2) is 41.5 Å². The van der Waals surface area contributed by atoms with Crippen molar-refractivity contribution in [2.45, 2.75) is 118 Å². The Balaban J connectivity index is 2.27. The molecule has 0 aromatic heterocycles. The molecule has 272 valence electrons. The number of amides is 2. The fourth-order valence-corrected chi connectivity index (χ4v) is 5.75. The fourth-order valence-electron chi connectivity index (χ4n) is 5.75. The summed E-state index contributed by atoms with van der Waals surface area (Å²) >= 11 is 0. The first-order valence-corrected chi connectivity index (χ1v) is 16.8. The van der Waals surface area contributed by atoms with Gasteiger partial charge in [-0.05, 0) is 47.1 Å². The van der Waals surface area contributed by atoms with Crippen molar-refractivity contribution in [2.24, 2.45) is 11.8 Å². The minimum Gasteiger partial charge on any atom is -0.492 e. The number of benzene rings is 1. The molecule has 3 rings (SSSR count). The van der Waals surface area contributed by atoms with Gasteiger partial charge >= 0.3 is 12.1 Å². The summed E-state index contributed by atoms with van der Waals surface area (Å²) in [5, 5.41) is 17.2. The van der Waals surface area contributed by atoms with E-state index in [1.54, 1.807) is 52.2 Å². The predicted octanol–water partition coefficient (Wildman–Crippen LogP) is 6.01. The molecule has 12 nitrogen and oxygen atoms in total. The molecule has 0 saturated carbocycles. The zero-order chi connectivity index (χ0) is 36.6. The third kappa shape index (κ3) is 10.5. The van der Waals surface area contributed by atoms with E-state index in [1.807, 2.05) is 47.6 Å². The zero-order valence-corrected chi connectivity index (χ0v) is 30.7. The number of allylic oxidation sites excluding steroid dienone is 3. The van der Waals surface area contributed by atoms with Gasteiger partial charge in [0.25, 0.3) is 0 Å². The number of carbonyl (C=O) groups is 3. The van der Waals surface area contributed by atoms with Crippen LogP contribution in [0.2, 0.25) is 0 Å². The Morgan fingerprint density at radius 1 is 1.04 bits per heavy atom. The number of alkyl carbamates (subject to hydrolysis) is 1. The topological polar surface area (TPSA) is 151 Å². The molecule has 2 heterocycles. The molecule has 4 bridgehead atoms. The second-order valence-electron chi connectivity index (χ2n) is 13.6. The van der Waals surface area contributed by atoms with E-state index in [-0.39, 0.29) is 25.0 Å². The maximum atomic E-state index is 13.8. The van der Waals surface area contributed by atoms with Gasteiger partial charge in [0, 0.05) is 37.5 Å². The van der Waals surface area contributed by atoms with E-state index in [0.29, 0.717) is 40.5 Å². The highest BCUT2D eigenvalue weighted by atomic mass is 16.6. The third-order valence-electron chi connectivity index (χ3n) is 8.14. The summed E-state index contributed by atoms with van der Waals surface area (Å²) in [4.78, 5) is 39.4. The van der Waals surface area contributed by atoms with Crippen LogP contribution in [-0.4, -0.2) is 73.5 Å². The number of aliphatic hydroxyl groups is 1. The first kappa shape index (κ1) is 39.4. The summed E-state index contributed by atoms with van der Waals surface area (Å²) in [6.45, 7) is 16.5. The standard InChI is InChI=1S/C37H54N2O10/c1-20(2)35(41)48-28-18-32(40)38-27-17-29(46-21(3)4)34(45-11)26(33(27)47-22(5)6)15-23(7)13-12-14-31(44-10)37(43)19-30(49-36(42)39-37)25(9)16-24(28)8/h12-14,16-17,20-22,25,28,30-31,43H,15,18-19H2,1-11H3,(H,38,40)(H,39,42)/b14-12+,23-13-,24-16+/t25-,28-,30-,31+,37-/m0/s1. The molecule has 5 atom stereocenters. The summed E-state index contributed by atoms with van der Waals surface area (Å²) in [6, 6.07) is 1.69. The monoisotopic (exact) mass is 686 g/mol. The summed E-state index contributed by atoms with van der Waals surface area (Å²) in [5.74, 6) is -0.475. The molecule has 0 aliphatic carbocycles. The molecule has 0 radical (unpaired) electrons. The Morgan fingerprint density at radius 3 is 2.31 bits per heavy atom. The molecular weight excluding hydrogens is 632 g/mol. The molecule has 49 heavy (non-hydrogen) atoms. The van der Waals surface area contributed by atoms with Crippen LogP contribution in [0.25, 0.3) is 0 Å². The van der Waals surface area contributed by atoms with E-state index < -0.39 is 53.8 Å². The number of methoxy groups -OCH3 is 2. The van der Waals surface area contributed by atoms with Gasteiger partial charge in [0.05, 0.1) is 37.3 Å². The fraction of sp³-hybridized carbons (Fsp3) is 0.595. The second-order valence-corrected chi connectivity index (χ2v) is 13.6. The van der Waals surface area contributed by atoms with Gasteiger partial charge in [-0.1, -0.05) is 50.6 Å². The Labute approximate surface area is 290 Å². The van der Waals surface area contributed by atoms with E-state index in [9.17, 15) is 19.5 Å². The van der Waals surface area contributed by atoms with Gasteiger partial charge in [-0.15, -0.1) is 0 Å². The number of rotatable bonds is 8. The molecule has 12 heteroatoms. The van der Waals surface area contributed by atoms with E-state index in [2.05, 4.69) is 10.6 Å². The van der Waals surface area contributed by atoms with Crippen molar-refractivity contribution in [1.29, 1.82) is 0 Å². The quantitative estimate of drug-likeness (QED) is 0.219. The smallest absolute Gasteiger partial charge is 0.409 e. The van der Waals surface area contributed by atoms with Crippen molar-refractivity contribution >= 4 is 23.7 Å². The first-order valence-electron chi connectivity index (χ1n) is 16.8. The number of anilines is 1. The van der Waals surface area contributed by atoms with E-state index >= 15 is 0 Å². The Morgan fingerprint density at radius 2 is 1.71 bits per heavy atom. The van der Waals surface area contributed by atoms with Crippen LogP contribution in [-0.2, 0) is 30.2 Å². The Kier molecular flexibility index (Phi) is 13.7. The molecule has 0 spiro atoms. The molecule has 3 N–H and O–H groups in total. The van der Waals surface area contributed by atoms with Gasteiger partial charge < -0.3 is 38.8 Å². The van der Waals surface area contributed by atoms with Crippen LogP contribution in [0, 0.1) is 11.8 Å². The Hall–Kier alpha value is -4.03. The van der Waals surface area contributed by atoms with Crippen LogP contribution in [0.5, 0.6) is 17.2 Å². The highest BCUT2D eigenvalue weighted by molar-refractivity contribution is 5.94. The first-order chi connectivity index (χ1) is 23.0. The van der Waals surface area contributed by atoms with Gasteiger partial charge in [0.2, 0.25) is 5.91 Å². The lowest BCUT2D eigenvalue weighted by atomic mass is 9.89. The second kappa shape index (κ2) is 17.1. The lowest BCUT2D eigenvalue weighted by molar-refractivity contribution is -0.151. The maximum Gasteiger partial charge on any atom is 0.409 e. The van der Waals surface area contributed by atoms with Crippen molar-refractivity contribution in [1.82, 2.24) is 5.32 Å². The van der Waals surface area contributed by atoms with E-state index in [1.165, 1.54) is 7.11 Å². The molecule has 1 saturated heterocycles. The number of hydrogen-bond donors (Lipinski definition) is 3. The van der Waals surface area contributed by atoms with Gasteiger partial charge in [0.1, 0.15) is 18.3 Å². The minimum atomic E-state index is -1.78. The van der Waals surface area contributed by atoms with Crippen LogP contribution >= 0.6 is 0 Å². The third-order valence-corrected chi connectivity index (χ3v) is 8.14. The normalized spacial score (nSPS) is 28.0. The van der Waals surface area contributed by atoms with E-state index in [4.69, 9.17) is 28.4 Å². The van der Waals surface area contributed by atoms with Crippen molar-refractivity contribution < 1.29 is 47.9 Å². The average Bonchev–Trinajstić information content (AvgIpc) is 2.99. The number of esters is 1. The lowest BCUT2D eigenvalue weighted by Gasteiger charge is -2.41. The molecule has 0 unspecified atom stereocenters. The van der Waals surface area contributed by atoms with Crippen molar-refractivity contribution in [3.63, 3.8) is 0 Å². The van der Waals surface area contributed by atoms with Crippen LogP contribution in [0.4, 0.5) is 10.5 Å². The van der Waals surface area contributed by atoms with E-state index in [0.717, 1.165) is 5.57 Å². The molecule has 2 amide bonds. The number of fused-ring (bicyclic) bond motifs is 4. The summed E-state index contributed by atoms with van der Waals surface area (Å²) in [7, 11) is 3.00. The number of hydrogen-bond acceptors (Lipinski definition) is 10. The largest absolute Gasteiger partial charge is 0.492 e. The summed E-state index contributed by atoms with van der Waals surface area (Å²) < 4.78 is 35.5. The molecular formula is C37H54N2O10. The molecule has 1 aromatic carbocycles.